The Bertz CT molecular complexity index is 194. The molecule has 3 heteroatoms. The number of nitrogens with one attached hydrogen (secondary N) is 1. The molecule has 0 spiro atoms. The number of hydrogen-bond donors (Lipinski definition) is 1. The third kappa shape index (κ3) is 4.10. The molecule has 1 aliphatic heterocycles. The minimum Gasteiger partial charge on any atom is -0.379 e. The highest BCUT2D eigenvalue weighted by atomic mass is 16.5. The van der Waals surface area contributed by atoms with Crippen molar-refractivity contribution in [3.8, 4) is 12.3 Å². The van der Waals surface area contributed by atoms with Crippen LogP contribution in [0.4, 0.5) is 0 Å². The maximum absolute atomic E-state index is 5.31. The Labute approximate surface area is 86.8 Å². The molecule has 80 valence electrons. The van der Waals surface area contributed by atoms with Crippen LogP contribution in [0.3, 0.4) is 0 Å². The van der Waals surface area contributed by atoms with Crippen molar-refractivity contribution in [2.75, 3.05) is 32.8 Å². The minimum atomic E-state index is 0.158. The molecule has 1 saturated heterocycles. The van der Waals surface area contributed by atoms with Crippen molar-refractivity contribution in [3.63, 3.8) is 0 Å². The van der Waals surface area contributed by atoms with Crippen molar-refractivity contribution in [3.05, 3.63) is 0 Å². The molecule has 1 rings (SSSR count). The SMILES string of the molecule is C#CC(C)NC(C)CN1CCOCC1. The molecular formula is C11H20N2O. The Morgan fingerprint density at radius 3 is 2.64 bits per heavy atom. The van der Waals surface area contributed by atoms with E-state index in [0.29, 0.717) is 6.04 Å². The Morgan fingerprint density at radius 2 is 2.07 bits per heavy atom. The van der Waals surface area contributed by atoms with Crippen molar-refractivity contribution in [1.82, 2.24) is 10.2 Å². The smallest absolute Gasteiger partial charge is 0.0660 e. The first kappa shape index (κ1) is 11.5. The summed E-state index contributed by atoms with van der Waals surface area (Å²) >= 11 is 0. The highest BCUT2D eigenvalue weighted by Crippen LogP contribution is 1.98. The molecule has 0 aromatic carbocycles. The van der Waals surface area contributed by atoms with Crippen molar-refractivity contribution >= 4 is 0 Å². The second-order valence-corrected chi connectivity index (χ2v) is 3.87. The van der Waals surface area contributed by atoms with E-state index in [0.717, 1.165) is 32.8 Å². The number of ether oxygens (including phenoxy) is 1. The monoisotopic (exact) mass is 196 g/mol. The van der Waals surface area contributed by atoms with Crippen molar-refractivity contribution in [2.24, 2.45) is 0 Å². The highest BCUT2D eigenvalue weighted by molar-refractivity contribution is 4.96. The van der Waals surface area contributed by atoms with Gasteiger partial charge in [0.05, 0.1) is 19.3 Å². The zero-order chi connectivity index (χ0) is 10.4. The van der Waals surface area contributed by atoms with Crippen LogP contribution in [-0.2, 0) is 4.74 Å². The summed E-state index contributed by atoms with van der Waals surface area (Å²) in [6.45, 7) is 9.02. The Kier molecular flexibility index (Phi) is 4.95. The van der Waals surface area contributed by atoms with E-state index in [1.807, 2.05) is 6.92 Å². The molecule has 14 heavy (non-hydrogen) atoms. The second-order valence-electron chi connectivity index (χ2n) is 3.87. The van der Waals surface area contributed by atoms with E-state index in [1.54, 1.807) is 0 Å². The van der Waals surface area contributed by atoms with Crippen LogP contribution >= 0.6 is 0 Å². The molecule has 1 heterocycles. The third-order valence-corrected chi connectivity index (χ3v) is 2.42. The summed E-state index contributed by atoms with van der Waals surface area (Å²) in [7, 11) is 0. The molecule has 3 nitrogen and oxygen atoms in total. The van der Waals surface area contributed by atoms with Crippen LogP contribution in [0.5, 0.6) is 0 Å². The van der Waals surface area contributed by atoms with Crippen LogP contribution in [0.15, 0.2) is 0 Å². The predicted molar refractivity (Wildman–Crippen MR) is 58.2 cm³/mol. The zero-order valence-electron chi connectivity index (χ0n) is 9.12. The molecule has 0 saturated carbocycles. The quantitative estimate of drug-likeness (QED) is 0.655. The first-order valence-electron chi connectivity index (χ1n) is 5.24. The van der Waals surface area contributed by atoms with Crippen molar-refractivity contribution < 1.29 is 4.74 Å². The summed E-state index contributed by atoms with van der Waals surface area (Å²) in [4.78, 5) is 2.41. The molecule has 0 radical (unpaired) electrons. The first-order chi connectivity index (χ1) is 6.72. The number of rotatable bonds is 4. The number of terminal acetylenes is 1. The lowest BCUT2D eigenvalue weighted by molar-refractivity contribution is 0.0342. The van der Waals surface area contributed by atoms with Crippen LogP contribution in [0.2, 0.25) is 0 Å². The standard InChI is InChI=1S/C11H20N2O/c1-4-10(2)12-11(3)9-13-5-7-14-8-6-13/h1,10-12H,5-9H2,2-3H3. The van der Waals surface area contributed by atoms with Gasteiger partial charge in [0.2, 0.25) is 0 Å². The summed E-state index contributed by atoms with van der Waals surface area (Å²) in [5.74, 6) is 2.68. The first-order valence-corrected chi connectivity index (χ1v) is 5.24. The van der Waals surface area contributed by atoms with Gasteiger partial charge in [-0.2, -0.15) is 0 Å². The topological polar surface area (TPSA) is 24.5 Å². The fourth-order valence-electron chi connectivity index (χ4n) is 1.70. The van der Waals surface area contributed by atoms with Gasteiger partial charge in [0, 0.05) is 25.7 Å². The van der Waals surface area contributed by atoms with Crippen LogP contribution in [-0.4, -0.2) is 49.8 Å². The van der Waals surface area contributed by atoms with E-state index in [1.165, 1.54) is 0 Å². The van der Waals surface area contributed by atoms with Crippen LogP contribution < -0.4 is 5.32 Å². The molecule has 0 amide bonds. The lowest BCUT2D eigenvalue weighted by Crippen LogP contribution is -2.46. The molecule has 0 aromatic heterocycles. The molecule has 1 N–H and O–H groups in total. The number of hydrogen-bond acceptors (Lipinski definition) is 3. The van der Waals surface area contributed by atoms with Gasteiger partial charge in [-0.3, -0.25) is 4.90 Å². The molecule has 0 aromatic rings. The molecule has 0 aliphatic carbocycles. The maximum atomic E-state index is 5.31. The molecular weight excluding hydrogens is 176 g/mol. The number of morpholine rings is 1. The molecule has 0 bridgehead atoms. The van der Waals surface area contributed by atoms with E-state index in [2.05, 4.69) is 23.1 Å². The molecule has 1 fully saturated rings. The fourth-order valence-corrected chi connectivity index (χ4v) is 1.70. The Morgan fingerprint density at radius 1 is 1.43 bits per heavy atom. The summed E-state index contributed by atoms with van der Waals surface area (Å²) in [6.07, 6.45) is 5.31. The van der Waals surface area contributed by atoms with Gasteiger partial charge in [-0.1, -0.05) is 5.92 Å². The van der Waals surface area contributed by atoms with Crippen LogP contribution in [0.25, 0.3) is 0 Å². The summed E-state index contributed by atoms with van der Waals surface area (Å²) in [6, 6.07) is 0.602. The highest BCUT2D eigenvalue weighted by Gasteiger charge is 2.13. The van der Waals surface area contributed by atoms with Gasteiger partial charge in [-0.05, 0) is 13.8 Å². The summed E-state index contributed by atoms with van der Waals surface area (Å²) in [5.41, 5.74) is 0. The van der Waals surface area contributed by atoms with Crippen molar-refractivity contribution in [2.45, 2.75) is 25.9 Å². The van der Waals surface area contributed by atoms with Gasteiger partial charge in [-0.15, -0.1) is 6.42 Å². The summed E-state index contributed by atoms with van der Waals surface area (Å²) in [5, 5.41) is 3.36. The number of nitrogens with zero attached hydrogens (tertiary/aromatic N) is 1. The van der Waals surface area contributed by atoms with Gasteiger partial charge in [-0.25, -0.2) is 0 Å². The van der Waals surface area contributed by atoms with E-state index in [-0.39, 0.29) is 6.04 Å². The minimum absolute atomic E-state index is 0.158. The van der Waals surface area contributed by atoms with E-state index in [9.17, 15) is 0 Å². The largest absolute Gasteiger partial charge is 0.379 e. The normalized spacial score (nSPS) is 22.6. The zero-order valence-corrected chi connectivity index (χ0v) is 9.12. The van der Waals surface area contributed by atoms with Gasteiger partial charge in [0.15, 0.2) is 0 Å². The molecule has 2 unspecified atom stereocenters. The lowest BCUT2D eigenvalue weighted by Gasteiger charge is -2.30. The Balaban J connectivity index is 2.18. The third-order valence-electron chi connectivity index (χ3n) is 2.42. The predicted octanol–water partition coefficient (Wildman–Crippen LogP) is 0.318. The van der Waals surface area contributed by atoms with Crippen LogP contribution in [0.1, 0.15) is 13.8 Å². The van der Waals surface area contributed by atoms with E-state index < -0.39 is 0 Å². The van der Waals surface area contributed by atoms with Crippen molar-refractivity contribution in [1.29, 1.82) is 0 Å². The van der Waals surface area contributed by atoms with Gasteiger partial charge in [0.1, 0.15) is 0 Å². The van der Waals surface area contributed by atoms with E-state index >= 15 is 0 Å². The molecule has 2 atom stereocenters. The van der Waals surface area contributed by atoms with Gasteiger partial charge in [0.25, 0.3) is 0 Å². The fraction of sp³-hybridized carbons (Fsp3) is 0.818. The average Bonchev–Trinajstić information content (AvgIpc) is 2.19. The second kappa shape index (κ2) is 6.02. The van der Waals surface area contributed by atoms with E-state index in [4.69, 9.17) is 11.2 Å². The van der Waals surface area contributed by atoms with Gasteiger partial charge >= 0.3 is 0 Å². The van der Waals surface area contributed by atoms with Crippen LogP contribution in [0, 0.1) is 12.3 Å². The average molecular weight is 196 g/mol. The maximum Gasteiger partial charge on any atom is 0.0660 e. The Hall–Kier alpha value is -0.560. The lowest BCUT2D eigenvalue weighted by atomic mass is 10.2. The summed E-state index contributed by atoms with van der Waals surface area (Å²) < 4.78 is 5.29. The molecule has 1 aliphatic rings. The van der Waals surface area contributed by atoms with Gasteiger partial charge < -0.3 is 10.1 Å².